The first-order chi connectivity index (χ1) is 12.7. The van der Waals surface area contributed by atoms with Crippen molar-refractivity contribution >= 4 is 11.7 Å². The highest BCUT2D eigenvalue weighted by molar-refractivity contribution is 5.94. The third-order valence-corrected chi connectivity index (χ3v) is 3.62. The Kier molecular flexibility index (Phi) is 5.43. The number of benzene rings is 1. The van der Waals surface area contributed by atoms with Crippen molar-refractivity contribution in [2.45, 2.75) is 6.92 Å². The van der Waals surface area contributed by atoms with Crippen molar-refractivity contribution in [1.29, 1.82) is 0 Å². The van der Waals surface area contributed by atoms with Gasteiger partial charge in [-0.3, -0.25) is 4.79 Å². The number of aryl methyl sites for hydroxylation is 1. The maximum atomic E-state index is 12.1. The fourth-order valence-electron chi connectivity index (χ4n) is 2.33. The number of carbonyl (C=O) groups is 1. The molecule has 2 aromatic heterocycles. The summed E-state index contributed by atoms with van der Waals surface area (Å²) in [6.45, 7) is 2.69. The Bertz CT molecular complexity index is 877. The minimum Gasteiger partial charge on any atom is -0.497 e. The van der Waals surface area contributed by atoms with Crippen LogP contribution in [0.4, 0.5) is 5.82 Å². The first-order valence-corrected chi connectivity index (χ1v) is 8.09. The fraction of sp³-hybridized carbons (Fsp3) is 0.222. The molecule has 8 nitrogen and oxygen atoms in total. The van der Waals surface area contributed by atoms with Gasteiger partial charge in [0.25, 0.3) is 11.8 Å². The van der Waals surface area contributed by atoms with Gasteiger partial charge in [-0.1, -0.05) is 5.16 Å². The standard InChI is InChI=1S/C18H19N5O3/c1-12-22-18(26-23-12)15-4-3-9-19-16(15)20-10-11-21-17(24)13-5-7-14(25-2)8-6-13/h3-9H,10-11H2,1-2H3,(H,19,20)(H,21,24). The van der Waals surface area contributed by atoms with Crippen LogP contribution in [0.2, 0.25) is 0 Å². The summed E-state index contributed by atoms with van der Waals surface area (Å²) in [5.41, 5.74) is 1.29. The number of hydrogen-bond donors (Lipinski definition) is 2. The second-order valence-electron chi connectivity index (χ2n) is 5.46. The average molecular weight is 353 g/mol. The molecule has 2 heterocycles. The third-order valence-electron chi connectivity index (χ3n) is 3.62. The van der Waals surface area contributed by atoms with E-state index >= 15 is 0 Å². The minimum atomic E-state index is -0.150. The molecule has 1 amide bonds. The number of hydrogen-bond acceptors (Lipinski definition) is 7. The van der Waals surface area contributed by atoms with Crippen LogP contribution in [0.5, 0.6) is 5.75 Å². The summed E-state index contributed by atoms with van der Waals surface area (Å²) in [6, 6.07) is 10.6. The fourth-order valence-corrected chi connectivity index (χ4v) is 2.33. The molecule has 0 radical (unpaired) electrons. The zero-order valence-corrected chi connectivity index (χ0v) is 14.5. The van der Waals surface area contributed by atoms with Gasteiger partial charge in [-0.2, -0.15) is 4.98 Å². The molecule has 8 heteroatoms. The van der Waals surface area contributed by atoms with E-state index in [1.807, 2.05) is 6.07 Å². The van der Waals surface area contributed by atoms with Crippen LogP contribution in [-0.2, 0) is 0 Å². The molecule has 3 rings (SSSR count). The number of methoxy groups -OCH3 is 1. The Morgan fingerprint density at radius 2 is 2.00 bits per heavy atom. The predicted molar refractivity (Wildman–Crippen MR) is 96.1 cm³/mol. The zero-order valence-electron chi connectivity index (χ0n) is 14.5. The van der Waals surface area contributed by atoms with Crippen LogP contribution in [0.25, 0.3) is 11.5 Å². The topological polar surface area (TPSA) is 102 Å². The smallest absolute Gasteiger partial charge is 0.261 e. The Balaban J connectivity index is 1.54. The van der Waals surface area contributed by atoms with Crippen LogP contribution < -0.4 is 15.4 Å². The van der Waals surface area contributed by atoms with Crippen LogP contribution in [0.3, 0.4) is 0 Å². The van der Waals surface area contributed by atoms with E-state index in [-0.39, 0.29) is 5.91 Å². The number of aromatic nitrogens is 3. The molecule has 0 saturated heterocycles. The second kappa shape index (κ2) is 8.11. The number of nitrogens with one attached hydrogen (secondary N) is 2. The summed E-state index contributed by atoms with van der Waals surface area (Å²) in [5, 5.41) is 9.81. The summed E-state index contributed by atoms with van der Waals surface area (Å²) in [7, 11) is 1.59. The number of carbonyl (C=O) groups excluding carboxylic acids is 1. The molecule has 0 saturated carbocycles. The van der Waals surface area contributed by atoms with Crippen LogP contribution in [0.15, 0.2) is 47.1 Å². The van der Waals surface area contributed by atoms with Gasteiger partial charge in [-0.15, -0.1) is 0 Å². The lowest BCUT2D eigenvalue weighted by molar-refractivity contribution is 0.0955. The molecule has 0 bridgehead atoms. The SMILES string of the molecule is COc1ccc(C(=O)NCCNc2ncccc2-c2nc(C)no2)cc1. The van der Waals surface area contributed by atoms with Gasteiger partial charge in [0.1, 0.15) is 11.6 Å². The molecule has 0 aliphatic carbocycles. The van der Waals surface area contributed by atoms with Gasteiger partial charge in [-0.05, 0) is 43.3 Å². The minimum absolute atomic E-state index is 0.150. The molecule has 0 atom stereocenters. The molecule has 134 valence electrons. The Labute approximate surface area is 150 Å². The van der Waals surface area contributed by atoms with E-state index in [0.29, 0.717) is 41.9 Å². The molecule has 26 heavy (non-hydrogen) atoms. The van der Waals surface area contributed by atoms with Crippen LogP contribution in [0.1, 0.15) is 16.2 Å². The lowest BCUT2D eigenvalue weighted by Gasteiger charge is -2.09. The zero-order chi connectivity index (χ0) is 18.4. The monoisotopic (exact) mass is 353 g/mol. The molecule has 0 spiro atoms. The summed E-state index contributed by atoms with van der Waals surface area (Å²) >= 11 is 0. The van der Waals surface area contributed by atoms with E-state index < -0.39 is 0 Å². The molecular weight excluding hydrogens is 334 g/mol. The summed E-state index contributed by atoms with van der Waals surface area (Å²) < 4.78 is 10.3. The molecule has 2 N–H and O–H groups in total. The molecule has 0 unspecified atom stereocenters. The van der Waals surface area contributed by atoms with E-state index in [1.165, 1.54) is 0 Å². The first-order valence-electron chi connectivity index (χ1n) is 8.09. The highest BCUT2D eigenvalue weighted by Crippen LogP contribution is 2.23. The second-order valence-corrected chi connectivity index (χ2v) is 5.46. The number of anilines is 1. The van der Waals surface area contributed by atoms with E-state index in [1.54, 1.807) is 50.6 Å². The molecule has 0 aliphatic rings. The molecular formula is C18H19N5O3. The van der Waals surface area contributed by atoms with Gasteiger partial charge in [0, 0.05) is 24.8 Å². The molecule has 1 aromatic carbocycles. The Morgan fingerprint density at radius 1 is 1.19 bits per heavy atom. The summed E-state index contributed by atoms with van der Waals surface area (Å²) in [6.07, 6.45) is 1.67. The largest absolute Gasteiger partial charge is 0.497 e. The van der Waals surface area contributed by atoms with Crippen LogP contribution >= 0.6 is 0 Å². The average Bonchev–Trinajstić information content (AvgIpc) is 3.11. The van der Waals surface area contributed by atoms with Gasteiger partial charge >= 0.3 is 0 Å². The van der Waals surface area contributed by atoms with Crippen molar-refractivity contribution in [1.82, 2.24) is 20.4 Å². The summed E-state index contributed by atoms with van der Waals surface area (Å²) in [4.78, 5) is 20.6. The third kappa shape index (κ3) is 4.15. The van der Waals surface area contributed by atoms with E-state index in [4.69, 9.17) is 9.26 Å². The number of ether oxygens (including phenoxy) is 1. The maximum absolute atomic E-state index is 12.1. The van der Waals surface area contributed by atoms with Crippen molar-refractivity contribution < 1.29 is 14.1 Å². The Hall–Kier alpha value is -3.42. The highest BCUT2D eigenvalue weighted by atomic mass is 16.5. The van der Waals surface area contributed by atoms with E-state index in [0.717, 1.165) is 5.56 Å². The van der Waals surface area contributed by atoms with Crippen molar-refractivity contribution in [3.63, 3.8) is 0 Å². The Morgan fingerprint density at radius 3 is 2.69 bits per heavy atom. The van der Waals surface area contributed by atoms with E-state index in [9.17, 15) is 4.79 Å². The number of rotatable bonds is 7. The van der Waals surface area contributed by atoms with Gasteiger partial charge in [0.15, 0.2) is 5.82 Å². The molecule has 0 aliphatic heterocycles. The lowest BCUT2D eigenvalue weighted by Crippen LogP contribution is -2.28. The normalized spacial score (nSPS) is 10.4. The molecule has 0 fully saturated rings. The number of amides is 1. The number of nitrogens with zero attached hydrogens (tertiary/aromatic N) is 3. The predicted octanol–water partition coefficient (Wildman–Crippen LogP) is 2.29. The lowest BCUT2D eigenvalue weighted by atomic mass is 10.2. The first kappa shape index (κ1) is 17.4. The van der Waals surface area contributed by atoms with Gasteiger partial charge in [-0.25, -0.2) is 4.98 Å². The molecule has 3 aromatic rings. The van der Waals surface area contributed by atoms with E-state index in [2.05, 4.69) is 25.8 Å². The van der Waals surface area contributed by atoms with Gasteiger partial charge in [0.2, 0.25) is 0 Å². The van der Waals surface area contributed by atoms with Crippen LogP contribution in [-0.4, -0.2) is 41.2 Å². The maximum Gasteiger partial charge on any atom is 0.261 e. The van der Waals surface area contributed by atoms with Crippen molar-refractivity contribution in [2.75, 3.05) is 25.5 Å². The highest BCUT2D eigenvalue weighted by Gasteiger charge is 2.12. The number of pyridine rings is 1. The van der Waals surface area contributed by atoms with Crippen LogP contribution in [0, 0.1) is 6.92 Å². The van der Waals surface area contributed by atoms with Gasteiger partial charge < -0.3 is 19.9 Å². The van der Waals surface area contributed by atoms with Crippen molar-refractivity contribution in [3.05, 3.63) is 54.0 Å². The van der Waals surface area contributed by atoms with Gasteiger partial charge in [0.05, 0.1) is 12.7 Å². The summed E-state index contributed by atoms with van der Waals surface area (Å²) in [5.74, 6) is 2.14. The van der Waals surface area contributed by atoms with Crippen molar-refractivity contribution in [2.24, 2.45) is 0 Å². The quantitative estimate of drug-likeness (QED) is 0.628. The van der Waals surface area contributed by atoms with Crippen molar-refractivity contribution in [3.8, 4) is 17.2 Å².